The summed E-state index contributed by atoms with van der Waals surface area (Å²) in [5, 5.41) is 0. The Hall–Kier alpha value is -1.55. The third-order valence-corrected chi connectivity index (χ3v) is 5.15. The van der Waals surface area contributed by atoms with E-state index in [1.807, 2.05) is 18.2 Å². The molecule has 0 amide bonds. The summed E-state index contributed by atoms with van der Waals surface area (Å²) in [5.41, 5.74) is 8.25. The molecule has 1 aromatic heterocycles. The summed E-state index contributed by atoms with van der Waals surface area (Å²) >= 11 is 0. The van der Waals surface area contributed by atoms with E-state index in [-0.39, 0.29) is 0 Å². The van der Waals surface area contributed by atoms with Gasteiger partial charge in [0.15, 0.2) is 5.58 Å². The Morgan fingerprint density at radius 3 is 2.90 bits per heavy atom. The first-order valence-electron chi connectivity index (χ1n) is 8.18. The number of oxazole rings is 1. The summed E-state index contributed by atoms with van der Waals surface area (Å²) < 4.78 is 5.89. The highest BCUT2D eigenvalue weighted by atomic mass is 16.3. The highest BCUT2D eigenvalue weighted by molar-refractivity contribution is 5.76. The number of hydrogen-bond donors (Lipinski definition) is 1. The fraction of sp³-hybridized carbons (Fsp3) is 0.588. The van der Waals surface area contributed by atoms with Crippen molar-refractivity contribution in [2.45, 2.75) is 51.1 Å². The average Bonchev–Trinajstić information content (AvgIpc) is 3.16. The molecule has 112 valence electrons. The van der Waals surface area contributed by atoms with E-state index in [2.05, 4.69) is 9.88 Å². The predicted molar refractivity (Wildman–Crippen MR) is 83.8 cm³/mol. The molecule has 1 aliphatic heterocycles. The van der Waals surface area contributed by atoms with Gasteiger partial charge in [-0.15, -0.1) is 0 Å². The normalized spacial score (nSPS) is 24.3. The van der Waals surface area contributed by atoms with Crippen LogP contribution in [0.15, 0.2) is 22.6 Å². The maximum Gasteiger partial charge on any atom is 0.209 e. The zero-order valence-corrected chi connectivity index (χ0v) is 12.4. The van der Waals surface area contributed by atoms with Gasteiger partial charge in [-0.05, 0) is 50.3 Å². The van der Waals surface area contributed by atoms with Gasteiger partial charge in [0, 0.05) is 17.8 Å². The predicted octanol–water partition coefficient (Wildman–Crippen LogP) is 3.56. The highest BCUT2D eigenvalue weighted by Gasteiger charge is 2.33. The van der Waals surface area contributed by atoms with Gasteiger partial charge in [-0.25, -0.2) is 4.98 Å². The first kappa shape index (κ1) is 13.1. The molecule has 4 rings (SSSR count). The number of aromatic nitrogens is 1. The largest absolute Gasteiger partial charge is 0.439 e. The summed E-state index contributed by atoms with van der Waals surface area (Å²) in [5.74, 6) is 1.73. The molecule has 2 N–H and O–H groups in total. The van der Waals surface area contributed by atoms with E-state index < -0.39 is 0 Å². The molecule has 2 aromatic rings. The number of hydrogen-bond acceptors (Lipinski definition) is 4. The molecular weight excluding hydrogens is 262 g/mol. The molecule has 1 unspecified atom stereocenters. The maximum atomic E-state index is 5.89. The van der Waals surface area contributed by atoms with Crippen molar-refractivity contribution >= 4 is 16.8 Å². The zero-order chi connectivity index (χ0) is 14.2. The van der Waals surface area contributed by atoms with Crippen LogP contribution < -0.4 is 5.73 Å². The monoisotopic (exact) mass is 285 g/mol. The Morgan fingerprint density at radius 1 is 1.19 bits per heavy atom. The third kappa shape index (κ3) is 2.53. The second kappa shape index (κ2) is 5.34. The molecule has 1 saturated heterocycles. The van der Waals surface area contributed by atoms with E-state index in [1.165, 1.54) is 45.1 Å². The molecule has 0 bridgehead atoms. The van der Waals surface area contributed by atoms with Crippen molar-refractivity contribution in [1.82, 2.24) is 9.88 Å². The van der Waals surface area contributed by atoms with Crippen molar-refractivity contribution in [1.29, 1.82) is 0 Å². The van der Waals surface area contributed by atoms with Gasteiger partial charge in [-0.1, -0.05) is 12.8 Å². The molecule has 2 heterocycles. The third-order valence-electron chi connectivity index (χ3n) is 5.15. The van der Waals surface area contributed by atoms with Crippen LogP contribution in [0.5, 0.6) is 0 Å². The van der Waals surface area contributed by atoms with Crippen molar-refractivity contribution in [2.24, 2.45) is 5.92 Å². The van der Waals surface area contributed by atoms with Gasteiger partial charge in [0.25, 0.3) is 0 Å². The molecule has 21 heavy (non-hydrogen) atoms. The van der Waals surface area contributed by atoms with Crippen LogP contribution in [0.4, 0.5) is 5.69 Å². The first-order valence-corrected chi connectivity index (χ1v) is 8.18. The van der Waals surface area contributed by atoms with Gasteiger partial charge in [-0.2, -0.15) is 0 Å². The number of nitrogen functional groups attached to an aromatic ring is 1. The van der Waals surface area contributed by atoms with Crippen LogP contribution in [0.3, 0.4) is 0 Å². The maximum absolute atomic E-state index is 5.89. The Bertz CT molecular complexity index is 630. The smallest absolute Gasteiger partial charge is 0.209 e. The second-order valence-electron chi connectivity index (χ2n) is 6.56. The summed E-state index contributed by atoms with van der Waals surface area (Å²) in [7, 11) is 0. The lowest BCUT2D eigenvalue weighted by Crippen LogP contribution is -2.34. The number of anilines is 1. The molecule has 1 aliphatic carbocycles. The summed E-state index contributed by atoms with van der Waals surface area (Å²) in [6, 6.07) is 6.43. The molecule has 0 radical (unpaired) electrons. The summed E-state index contributed by atoms with van der Waals surface area (Å²) in [6.07, 6.45) is 8.30. The molecular formula is C17H23N3O. The summed E-state index contributed by atoms with van der Waals surface area (Å²) in [6.45, 7) is 2.03. The Labute approximate surface area is 125 Å². The van der Waals surface area contributed by atoms with E-state index in [9.17, 15) is 0 Å². The van der Waals surface area contributed by atoms with Crippen molar-refractivity contribution in [3.63, 3.8) is 0 Å². The van der Waals surface area contributed by atoms with Crippen LogP contribution in [0.2, 0.25) is 0 Å². The van der Waals surface area contributed by atoms with E-state index in [0.29, 0.717) is 0 Å². The number of fused-ring (bicyclic) bond motifs is 1. The van der Waals surface area contributed by atoms with Crippen LogP contribution in [-0.4, -0.2) is 22.5 Å². The molecule has 1 aromatic carbocycles. The Kier molecular flexibility index (Phi) is 3.34. The number of rotatable bonds is 3. The molecule has 1 atom stereocenters. The van der Waals surface area contributed by atoms with Crippen molar-refractivity contribution in [2.75, 3.05) is 12.3 Å². The van der Waals surface area contributed by atoms with Crippen LogP contribution in [0, 0.1) is 5.92 Å². The second-order valence-corrected chi connectivity index (χ2v) is 6.56. The fourth-order valence-electron chi connectivity index (χ4n) is 4.15. The number of likely N-dealkylation sites (tertiary alicyclic amines) is 1. The lowest BCUT2D eigenvalue weighted by molar-refractivity contribution is 0.169. The standard InChI is InChI=1S/C17H23N3O/c18-13-7-8-14-16(10-13)21-17(19-14)11-20-9-3-6-15(20)12-4-1-2-5-12/h7-8,10,12,15H,1-6,9,11,18H2. The van der Waals surface area contributed by atoms with Crippen molar-refractivity contribution in [3.05, 3.63) is 24.1 Å². The Balaban J connectivity index is 1.53. The Morgan fingerprint density at radius 2 is 2.05 bits per heavy atom. The average molecular weight is 285 g/mol. The van der Waals surface area contributed by atoms with Crippen LogP contribution in [-0.2, 0) is 6.54 Å². The molecule has 4 nitrogen and oxygen atoms in total. The fourth-order valence-corrected chi connectivity index (χ4v) is 4.15. The number of nitrogens with two attached hydrogens (primary N) is 1. The molecule has 2 fully saturated rings. The van der Waals surface area contributed by atoms with Gasteiger partial charge in [0.2, 0.25) is 5.89 Å². The topological polar surface area (TPSA) is 55.3 Å². The number of nitrogens with zero attached hydrogens (tertiary/aromatic N) is 2. The molecule has 4 heteroatoms. The molecule has 0 spiro atoms. The van der Waals surface area contributed by atoms with Crippen LogP contribution in [0.1, 0.15) is 44.4 Å². The van der Waals surface area contributed by atoms with Crippen LogP contribution >= 0.6 is 0 Å². The van der Waals surface area contributed by atoms with Gasteiger partial charge < -0.3 is 10.2 Å². The zero-order valence-electron chi connectivity index (χ0n) is 12.4. The summed E-state index contributed by atoms with van der Waals surface area (Å²) in [4.78, 5) is 7.20. The SMILES string of the molecule is Nc1ccc2nc(CN3CCCC3C3CCCC3)oc2c1. The van der Waals surface area contributed by atoms with E-state index in [4.69, 9.17) is 10.2 Å². The highest BCUT2D eigenvalue weighted by Crippen LogP contribution is 2.36. The van der Waals surface area contributed by atoms with E-state index in [0.717, 1.165) is 41.2 Å². The number of benzene rings is 1. The molecule has 2 aliphatic rings. The quantitative estimate of drug-likeness (QED) is 0.876. The minimum atomic E-state index is 0.732. The van der Waals surface area contributed by atoms with Crippen LogP contribution in [0.25, 0.3) is 11.1 Å². The van der Waals surface area contributed by atoms with Gasteiger partial charge in [0.1, 0.15) is 5.52 Å². The van der Waals surface area contributed by atoms with Crippen molar-refractivity contribution in [3.8, 4) is 0 Å². The lowest BCUT2D eigenvalue weighted by atomic mass is 9.96. The minimum Gasteiger partial charge on any atom is -0.439 e. The van der Waals surface area contributed by atoms with E-state index >= 15 is 0 Å². The van der Waals surface area contributed by atoms with Crippen molar-refractivity contribution < 1.29 is 4.42 Å². The minimum absolute atomic E-state index is 0.732. The lowest BCUT2D eigenvalue weighted by Gasteiger charge is -2.28. The van der Waals surface area contributed by atoms with Gasteiger partial charge in [0.05, 0.1) is 6.54 Å². The van der Waals surface area contributed by atoms with Gasteiger partial charge in [-0.3, -0.25) is 4.90 Å². The molecule has 1 saturated carbocycles. The van der Waals surface area contributed by atoms with Gasteiger partial charge >= 0.3 is 0 Å². The van der Waals surface area contributed by atoms with E-state index in [1.54, 1.807) is 0 Å². The first-order chi connectivity index (χ1) is 10.3.